The van der Waals surface area contributed by atoms with Crippen LogP contribution in [0.15, 0.2) is 6.07 Å². The number of phenols is 2. The number of rotatable bonds is 2. The monoisotopic (exact) mass is 169 g/mol. The van der Waals surface area contributed by atoms with Gasteiger partial charge in [0, 0.05) is 6.07 Å². The third-order valence-electron chi connectivity index (χ3n) is 1.38. The van der Waals surface area contributed by atoms with Crippen LogP contribution in [-0.4, -0.2) is 24.4 Å². The first kappa shape index (κ1) is 8.52. The summed E-state index contributed by atoms with van der Waals surface area (Å²) in [6, 6.07) is 3.65. The molecular formula is C8H9O4. The second-order valence-corrected chi connectivity index (χ2v) is 2.10. The van der Waals surface area contributed by atoms with Crippen LogP contribution in [0.25, 0.3) is 0 Å². The smallest absolute Gasteiger partial charge is 0.201 e. The number of hydrogen-bond donors (Lipinski definition) is 2. The van der Waals surface area contributed by atoms with E-state index >= 15 is 0 Å². The number of hydrogen-bond acceptors (Lipinski definition) is 4. The molecule has 0 bridgehead atoms. The van der Waals surface area contributed by atoms with Crippen molar-refractivity contribution in [3.63, 3.8) is 0 Å². The van der Waals surface area contributed by atoms with Gasteiger partial charge in [-0.15, -0.1) is 0 Å². The number of phenolic OH excluding ortho intramolecular Hbond substituents is 2. The fourth-order valence-electron chi connectivity index (χ4n) is 0.819. The van der Waals surface area contributed by atoms with Gasteiger partial charge in [0.05, 0.1) is 20.3 Å². The van der Waals surface area contributed by atoms with Crippen molar-refractivity contribution in [2.24, 2.45) is 0 Å². The van der Waals surface area contributed by atoms with Gasteiger partial charge in [-0.2, -0.15) is 0 Å². The van der Waals surface area contributed by atoms with E-state index in [4.69, 9.17) is 14.6 Å². The van der Waals surface area contributed by atoms with Gasteiger partial charge in [0.15, 0.2) is 11.5 Å². The van der Waals surface area contributed by atoms with Crippen LogP contribution in [0.1, 0.15) is 0 Å². The van der Waals surface area contributed by atoms with E-state index in [0.29, 0.717) is 0 Å². The molecule has 1 rings (SSSR count). The maximum Gasteiger partial charge on any atom is 0.201 e. The van der Waals surface area contributed by atoms with Crippen molar-refractivity contribution >= 4 is 0 Å². The molecule has 65 valence electrons. The first-order valence-corrected chi connectivity index (χ1v) is 3.25. The number of methoxy groups -OCH3 is 2. The highest BCUT2D eigenvalue weighted by atomic mass is 16.5. The quantitative estimate of drug-likeness (QED) is 0.646. The van der Waals surface area contributed by atoms with Crippen LogP contribution in [0.4, 0.5) is 0 Å². The van der Waals surface area contributed by atoms with E-state index < -0.39 is 0 Å². The molecule has 0 heterocycles. The van der Waals surface area contributed by atoms with E-state index in [9.17, 15) is 5.11 Å². The van der Waals surface area contributed by atoms with E-state index in [1.165, 1.54) is 20.3 Å². The Morgan fingerprint density at radius 1 is 1.25 bits per heavy atom. The lowest BCUT2D eigenvalue weighted by Gasteiger charge is -2.07. The third-order valence-corrected chi connectivity index (χ3v) is 1.38. The van der Waals surface area contributed by atoms with Crippen molar-refractivity contribution in [1.82, 2.24) is 0 Å². The zero-order chi connectivity index (χ0) is 9.14. The molecule has 1 aromatic rings. The summed E-state index contributed by atoms with van der Waals surface area (Å²) < 4.78 is 9.48. The SMILES string of the molecule is COc1[c]c(O)cc(OC)c1O. The Kier molecular flexibility index (Phi) is 2.28. The molecule has 4 nitrogen and oxygen atoms in total. The Morgan fingerprint density at radius 3 is 2.42 bits per heavy atom. The molecule has 0 unspecified atom stereocenters. The zero-order valence-corrected chi connectivity index (χ0v) is 6.79. The van der Waals surface area contributed by atoms with Crippen molar-refractivity contribution in [1.29, 1.82) is 0 Å². The molecule has 1 aromatic carbocycles. The normalized spacial score (nSPS) is 9.50. The van der Waals surface area contributed by atoms with E-state index in [0.717, 1.165) is 0 Å². The summed E-state index contributed by atoms with van der Waals surface area (Å²) in [4.78, 5) is 0. The molecule has 0 amide bonds. The van der Waals surface area contributed by atoms with Crippen LogP contribution >= 0.6 is 0 Å². The minimum atomic E-state index is -0.169. The minimum absolute atomic E-state index is 0.0619. The molecule has 0 aliphatic rings. The average Bonchev–Trinajstić information content (AvgIpc) is 2.08. The Labute approximate surface area is 70.0 Å². The van der Waals surface area contributed by atoms with Crippen LogP contribution in [-0.2, 0) is 0 Å². The summed E-state index contributed by atoms with van der Waals surface area (Å²) in [5, 5.41) is 18.4. The average molecular weight is 169 g/mol. The summed E-state index contributed by atoms with van der Waals surface area (Å²) in [5.74, 6) is -0.0887. The molecule has 2 N–H and O–H groups in total. The second kappa shape index (κ2) is 3.21. The molecule has 4 heteroatoms. The van der Waals surface area contributed by atoms with Crippen LogP contribution in [0, 0.1) is 6.07 Å². The van der Waals surface area contributed by atoms with Gasteiger partial charge in [-0.05, 0) is 0 Å². The Balaban J connectivity index is 3.22. The molecule has 0 aliphatic carbocycles. The fraction of sp³-hybridized carbons (Fsp3) is 0.250. The molecule has 1 radical (unpaired) electrons. The Bertz CT molecular complexity index is 257. The maximum absolute atomic E-state index is 9.32. The molecule has 0 saturated carbocycles. The molecule has 0 aliphatic heterocycles. The summed E-state index contributed by atoms with van der Waals surface area (Å²) >= 11 is 0. The number of ether oxygens (including phenoxy) is 2. The molecule has 12 heavy (non-hydrogen) atoms. The van der Waals surface area contributed by atoms with Crippen molar-refractivity contribution in [2.45, 2.75) is 0 Å². The van der Waals surface area contributed by atoms with Crippen molar-refractivity contribution in [3.8, 4) is 23.0 Å². The van der Waals surface area contributed by atoms with Gasteiger partial charge in [0.1, 0.15) is 5.75 Å². The lowest BCUT2D eigenvalue weighted by Crippen LogP contribution is -1.88. The molecule has 0 spiro atoms. The predicted molar refractivity (Wildman–Crippen MR) is 41.7 cm³/mol. The highest BCUT2D eigenvalue weighted by molar-refractivity contribution is 5.53. The standard InChI is InChI=1S/C8H9O4/c1-11-6-3-5(9)4-7(12-2)8(6)10/h3,9-10H,1-2H3. The largest absolute Gasteiger partial charge is 0.507 e. The number of aromatic hydroxyl groups is 2. The van der Waals surface area contributed by atoms with Gasteiger partial charge in [-0.3, -0.25) is 0 Å². The van der Waals surface area contributed by atoms with Crippen LogP contribution in [0.3, 0.4) is 0 Å². The van der Waals surface area contributed by atoms with Crippen LogP contribution < -0.4 is 9.47 Å². The third kappa shape index (κ3) is 1.37. The van der Waals surface area contributed by atoms with E-state index in [1.807, 2.05) is 0 Å². The van der Waals surface area contributed by atoms with Crippen LogP contribution in [0.5, 0.6) is 23.0 Å². The molecule has 0 atom stereocenters. The van der Waals surface area contributed by atoms with Gasteiger partial charge >= 0.3 is 0 Å². The lowest BCUT2D eigenvalue weighted by molar-refractivity contribution is 0.334. The van der Waals surface area contributed by atoms with Gasteiger partial charge in [-0.25, -0.2) is 0 Å². The van der Waals surface area contributed by atoms with Gasteiger partial charge in [-0.1, -0.05) is 0 Å². The Hall–Kier alpha value is -1.58. The van der Waals surface area contributed by atoms with Gasteiger partial charge in [0.25, 0.3) is 0 Å². The summed E-state index contributed by atoms with van der Waals surface area (Å²) in [5.41, 5.74) is 0. The molecule has 0 saturated heterocycles. The molecule has 0 fully saturated rings. The van der Waals surface area contributed by atoms with E-state index in [2.05, 4.69) is 6.07 Å². The first-order valence-electron chi connectivity index (χ1n) is 3.25. The predicted octanol–water partition coefficient (Wildman–Crippen LogP) is 0.915. The minimum Gasteiger partial charge on any atom is -0.507 e. The van der Waals surface area contributed by atoms with E-state index in [1.54, 1.807) is 0 Å². The summed E-state index contributed by atoms with van der Waals surface area (Å²) in [7, 11) is 2.75. The van der Waals surface area contributed by atoms with Crippen molar-refractivity contribution < 1.29 is 19.7 Å². The van der Waals surface area contributed by atoms with Crippen LogP contribution in [0.2, 0.25) is 0 Å². The number of benzene rings is 1. The second-order valence-electron chi connectivity index (χ2n) is 2.10. The summed E-state index contributed by atoms with van der Waals surface area (Å²) in [6.45, 7) is 0. The van der Waals surface area contributed by atoms with Gasteiger partial charge in [0.2, 0.25) is 5.75 Å². The first-order chi connectivity index (χ1) is 5.69. The Morgan fingerprint density at radius 2 is 1.92 bits per heavy atom. The maximum atomic E-state index is 9.32. The topological polar surface area (TPSA) is 58.9 Å². The highest BCUT2D eigenvalue weighted by Crippen LogP contribution is 2.38. The fourth-order valence-corrected chi connectivity index (χ4v) is 0.819. The van der Waals surface area contributed by atoms with Gasteiger partial charge < -0.3 is 19.7 Å². The lowest BCUT2D eigenvalue weighted by atomic mass is 10.3. The molecule has 0 aromatic heterocycles. The highest BCUT2D eigenvalue weighted by Gasteiger charge is 2.10. The van der Waals surface area contributed by atoms with Crippen molar-refractivity contribution in [3.05, 3.63) is 12.1 Å². The summed E-state index contributed by atoms with van der Waals surface area (Å²) in [6.07, 6.45) is 0. The van der Waals surface area contributed by atoms with Crippen molar-refractivity contribution in [2.75, 3.05) is 14.2 Å². The molecular weight excluding hydrogens is 160 g/mol. The van der Waals surface area contributed by atoms with E-state index in [-0.39, 0.29) is 23.0 Å². The zero-order valence-electron chi connectivity index (χ0n) is 6.79.